The predicted molar refractivity (Wildman–Crippen MR) is 78.1 cm³/mol. The SMILES string of the molecule is CN(C(=O)c1ccoc1Br)c1ccc(/C(N)=N/O)cc1. The highest BCUT2D eigenvalue weighted by Crippen LogP contribution is 2.22. The molecule has 0 aliphatic heterocycles. The monoisotopic (exact) mass is 337 g/mol. The lowest BCUT2D eigenvalue weighted by atomic mass is 10.1. The second-order valence-corrected chi connectivity index (χ2v) is 4.72. The smallest absolute Gasteiger partial charge is 0.262 e. The zero-order chi connectivity index (χ0) is 14.7. The molecule has 1 amide bonds. The Bertz CT molecular complexity index is 649. The summed E-state index contributed by atoms with van der Waals surface area (Å²) in [5, 5.41) is 11.5. The van der Waals surface area contributed by atoms with Gasteiger partial charge in [0.15, 0.2) is 10.5 Å². The van der Waals surface area contributed by atoms with E-state index in [-0.39, 0.29) is 11.7 Å². The fourth-order valence-corrected chi connectivity index (χ4v) is 2.07. The molecule has 3 N–H and O–H groups in total. The van der Waals surface area contributed by atoms with E-state index in [2.05, 4.69) is 21.1 Å². The first kappa shape index (κ1) is 14.1. The molecule has 0 aliphatic rings. The molecule has 0 unspecified atom stereocenters. The number of anilines is 1. The maximum atomic E-state index is 12.2. The van der Waals surface area contributed by atoms with E-state index in [4.69, 9.17) is 15.4 Å². The Labute approximate surface area is 123 Å². The van der Waals surface area contributed by atoms with Crippen molar-refractivity contribution in [2.24, 2.45) is 10.9 Å². The lowest BCUT2D eigenvalue weighted by Gasteiger charge is -2.17. The van der Waals surface area contributed by atoms with Crippen molar-refractivity contribution in [3.05, 3.63) is 52.4 Å². The van der Waals surface area contributed by atoms with Gasteiger partial charge in [-0.05, 0) is 46.3 Å². The van der Waals surface area contributed by atoms with Crippen LogP contribution in [-0.4, -0.2) is 24.0 Å². The van der Waals surface area contributed by atoms with Crippen LogP contribution in [0.25, 0.3) is 0 Å². The molecule has 0 saturated carbocycles. The molecule has 0 aliphatic carbocycles. The van der Waals surface area contributed by atoms with Crippen LogP contribution in [0.2, 0.25) is 0 Å². The highest BCUT2D eigenvalue weighted by molar-refractivity contribution is 9.10. The number of amidine groups is 1. The van der Waals surface area contributed by atoms with Gasteiger partial charge in [-0.1, -0.05) is 5.16 Å². The second kappa shape index (κ2) is 5.79. The first-order valence-corrected chi connectivity index (χ1v) is 6.43. The van der Waals surface area contributed by atoms with Gasteiger partial charge in [-0.25, -0.2) is 0 Å². The van der Waals surface area contributed by atoms with E-state index in [0.717, 1.165) is 0 Å². The Morgan fingerprint density at radius 2 is 2.00 bits per heavy atom. The quantitative estimate of drug-likeness (QED) is 0.389. The maximum absolute atomic E-state index is 12.2. The van der Waals surface area contributed by atoms with Gasteiger partial charge in [0, 0.05) is 18.3 Å². The number of amides is 1. The second-order valence-electron chi connectivity index (χ2n) is 4.00. The van der Waals surface area contributed by atoms with E-state index in [1.807, 2.05) is 0 Å². The summed E-state index contributed by atoms with van der Waals surface area (Å²) in [6.07, 6.45) is 1.44. The molecule has 104 valence electrons. The van der Waals surface area contributed by atoms with Crippen LogP contribution in [0.3, 0.4) is 0 Å². The number of benzene rings is 1. The Morgan fingerprint density at radius 1 is 1.35 bits per heavy atom. The van der Waals surface area contributed by atoms with Gasteiger partial charge in [-0.15, -0.1) is 0 Å². The minimum Gasteiger partial charge on any atom is -0.457 e. The van der Waals surface area contributed by atoms with E-state index >= 15 is 0 Å². The fourth-order valence-electron chi connectivity index (χ4n) is 1.66. The van der Waals surface area contributed by atoms with E-state index in [9.17, 15) is 4.79 Å². The minimum absolute atomic E-state index is 0.0168. The van der Waals surface area contributed by atoms with Crippen LogP contribution in [0, 0.1) is 0 Å². The number of nitrogens with zero attached hydrogens (tertiary/aromatic N) is 2. The average Bonchev–Trinajstić information content (AvgIpc) is 2.91. The standard InChI is InChI=1S/C13H12BrN3O3/c1-17(13(18)10-6-7-20-11(10)14)9-4-2-8(3-5-9)12(15)16-19/h2-7,19H,1H3,(H2,15,16). The van der Waals surface area contributed by atoms with Gasteiger partial charge in [0.1, 0.15) is 0 Å². The summed E-state index contributed by atoms with van der Waals surface area (Å²) < 4.78 is 5.44. The molecule has 6 nitrogen and oxygen atoms in total. The molecular formula is C13H12BrN3O3. The molecule has 0 saturated heterocycles. The largest absolute Gasteiger partial charge is 0.457 e. The van der Waals surface area contributed by atoms with Crippen LogP contribution in [0.15, 0.2) is 50.8 Å². The molecule has 20 heavy (non-hydrogen) atoms. The van der Waals surface area contributed by atoms with Crippen LogP contribution in [0.5, 0.6) is 0 Å². The number of oxime groups is 1. The number of hydrogen-bond acceptors (Lipinski definition) is 4. The molecular weight excluding hydrogens is 326 g/mol. The van der Waals surface area contributed by atoms with Gasteiger partial charge in [0.25, 0.3) is 5.91 Å². The van der Waals surface area contributed by atoms with E-state index in [1.54, 1.807) is 37.4 Å². The molecule has 2 aromatic rings. The average molecular weight is 338 g/mol. The number of furan rings is 1. The molecule has 0 bridgehead atoms. The van der Waals surface area contributed by atoms with Gasteiger partial charge in [0.05, 0.1) is 11.8 Å². The zero-order valence-corrected chi connectivity index (χ0v) is 12.2. The lowest BCUT2D eigenvalue weighted by molar-refractivity contribution is 0.0991. The first-order chi connectivity index (χ1) is 9.54. The molecule has 0 spiro atoms. The molecule has 0 radical (unpaired) electrons. The molecule has 0 fully saturated rings. The van der Waals surface area contributed by atoms with Crippen LogP contribution in [-0.2, 0) is 0 Å². The summed E-state index contributed by atoms with van der Waals surface area (Å²) in [5.41, 5.74) is 7.17. The number of nitrogens with two attached hydrogens (primary N) is 1. The van der Waals surface area contributed by atoms with Crippen molar-refractivity contribution in [2.45, 2.75) is 0 Å². The third kappa shape index (κ3) is 2.67. The van der Waals surface area contributed by atoms with E-state index in [0.29, 0.717) is 21.5 Å². The zero-order valence-electron chi connectivity index (χ0n) is 10.6. The van der Waals surface area contributed by atoms with Crippen molar-refractivity contribution >= 4 is 33.4 Å². The van der Waals surface area contributed by atoms with Crippen LogP contribution < -0.4 is 10.6 Å². The normalized spacial score (nSPS) is 11.4. The number of rotatable bonds is 3. The number of carbonyl (C=O) groups is 1. The Morgan fingerprint density at radius 3 is 2.50 bits per heavy atom. The molecule has 7 heteroatoms. The van der Waals surface area contributed by atoms with Crippen LogP contribution in [0.1, 0.15) is 15.9 Å². The molecule has 1 aromatic carbocycles. The highest BCUT2D eigenvalue weighted by Gasteiger charge is 2.18. The third-order valence-electron chi connectivity index (χ3n) is 2.81. The van der Waals surface area contributed by atoms with E-state index in [1.165, 1.54) is 11.2 Å². The maximum Gasteiger partial charge on any atom is 0.262 e. The van der Waals surface area contributed by atoms with Gasteiger partial charge < -0.3 is 20.3 Å². The van der Waals surface area contributed by atoms with Crippen molar-refractivity contribution in [3.8, 4) is 0 Å². The van der Waals surface area contributed by atoms with Gasteiger partial charge in [-0.3, -0.25) is 4.79 Å². The summed E-state index contributed by atoms with van der Waals surface area (Å²) in [6, 6.07) is 8.34. The Balaban J connectivity index is 2.24. The van der Waals surface area contributed by atoms with Crippen molar-refractivity contribution in [2.75, 3.05) is 11.9 Å². The van der Waals surface area contributed by atoms with Crippen molar-refractivity contribution in [1.29, 1.82) is 0 Å². The first-order valence-electron chi connectivity index (χ1n) is 5.63. The Kier molecular flexibility index (Phi) is 4.09. The van der Waals surface area contributed by atoms with Crippen LogP contribution in [0.4, 0.5) is 5.69 Å². The highest BCUT2D eigenvalue weighted by atomic mass is 79.9. The lowest BCUT2D eigenvalue weighted by Crippen LogP contribution is -2.26. The van der Waals surface area contributed by atoms with Crippen molar-refractivity contribution in [1.82, 2.24) is 0 Å². The Hall–Kier alpha value is -2.28. The van der Waals surface area contributed by atoms with Crippen LogP contribution >= 0.6 is 15.9 Å². The molecule has 0 atom stereocenters. The van der Waals surface area contributed by atoms with Gasteiger partial charge in [0.2, 0.25) is 0 Å². The molecule has 2 rings (SSSR count). The van der Waals surface area contributed by atoms with Crippen molar-refractivity contribution < 1.29 is 14.4 Å². The summed E-state index contributed by atoms with van der Waals surface area (Å²) >= 11 is 3.17. The summed E-state index contributed by atoms with van der Waals surface area (Å²) in [6.45, 7) is 0. The number of hydrogen-bond donors (Lipinski definition) is 2. The number of halogens is 1. The van der Waals surface area contributed by atoms with E-state index < -0.39 is 0 Å². The molecule has 1 aromatic heterocycles. The molecule has 1 heterocycles. The van der Waals surface area contributed by atoms with Gasteiger partial charge >= 0.3 is 0 Å². The summed E-state index contributed by atoms with van der Waals surface area (Å²) in [5.74, 6) is -0.190. The topological polar surface area (TPSA) is 92.1 Å². The number of carbonyl (C=O) groups excluding carboxylic acids is 1. The summed E-state index contributed by atoms with van der Waals surface area (Å²) in [7, 11) is 1.65. The predicted octanol–water partition coefficient (Wildman–Crippen LogP) is 2.41. The minimum atomic E-state index is -0.206. The van der Waals surface area contributed by atoms with Crippen molar-refractivity contribution in [3.63, 3.8) is 0 Å². The van der Waals surface area contributed by atoms with Gasteiger partial charge in [-0.2, -0.15) is 0 Å². The third-order valence-corrected chi connectivity index (χ3v) is 3.43. The summed E-state index contributed by atoms with van der Waals surface area (Å²) in [4.78, 5) is 13.7. The fraction of sp³-hybridized carbons (Fsp3) is 0.0769.